The van der Waals surface area contributed by atoms with E-state index in [1.54, 1.807) is 29.6 Å². The quantitative estimate of drug-likeness (QED) is 0.653. The molecule has 0 bridgehead atoms. The summed E-state index contributed by atoms with van der Waals surface area (Å²) in [5.74, 6) is 0.575. The molecule has 0 aliphatic carbocycles. The molecular weight excluding hydrogens is 386 g/mol. The molecule has 2 aliphatic heterocycles. The Bertz CT molecular complexity index is 1090. The minimum atomic E-state index is -0.399. The third-order valence-electron chi connectivity index (χ3n) is 5.84. The second kappa shape index (κ2) is 7.11. The number of thiophene rings is 1. The summed E-state index contributed by atoms with van der Waals surface area (Å²) in [6.45, 7) is 2.69. The SMILES string of the molecule is CN1C(=O)CC(C(=O)N2CCN(c3ncnc4ccsc34)CC2)c2ccccc21. The molecule has 148 valence electrons. The predicted octanol–water partition coefficient (Wildman–Crippen LogP) is 2.49. The number of para-hydroxylation sites is 1. The minimum absolute atomic E-state index is 0.0123. The molecule has 1 atom stereocenters. The molecule has 0 N–H and O–H groups in total. The average Bonchev–Trinajstić information content (AvgIpc) is 3.25. The lowest BCUT2D eigenvalue weighted by Gasteiger charge is -2.39. The third-order valence-corrected chi connectivity index (χ3v) is 6.74. The number of piperazine rings is 1. The second-order valence-corrected chi connectivity index (χ2v) is 8.33. The van der Waals surface area contributed by atoms with Crippen molar-refractivity contribution in [3.63, 3.8) is 0 Å². The van der Waals surface area contributed by atoms with Gasteiger partial charge in [-0.2, -0.15) is 0 Å². The van der Waals surface area contributed by atoms with Gasteiger partial charge in [0.05, 0.1) is 16.1 Å². The Morgan fingerprint density at radius 2 is 1.90 bits per heavy atom. The fraction of sp³-hybridized carbons (Fsp3) is 0.333. The van der Waals surface area contributed by atoms with Gasteiger partial charge in [-0.15, -0.1) is 11.3 Å². The number of rotatable bonds is 2. The number of hydrogen-bond donors (Lipinski definition) is 0. The molecule has 1 saturated heterocycles. The lowest BCUT2D eigenvalue weighted by Crippen LogP contribution is -2.51. The molecule has 4 heterocycles. The van der Waals surface area contributed by atoms with Crippen LogP contribution < -0.4 is 9.80 Å². The summed E-state index contributed by atoms with van der Waals surface area (Å²) in [6.07, 6.45) is 1.83. The van der Waals surface area contributed by atoms with Crippen LogP contribution in [0.4, 0.5) is 11.5 Å². The first kappa shape index (κ1) is 18.1. The van der Waals surface area contributed by atoms with Gasteiger partial charge >= 0.3 is 0 Å². The minimum Gasteiger partial charge on any atom is -0.352 e. The highest BCUT2D eigenvalue weighted by Crippen LogP contribution is 2.36. The van der Waals surface area contributed by atoms with Crippen LogP contribution in [0.1, 0.15) is 17.9 Å². The summed E-state index contributed by atoms with van der Waals surface area (Å²) >= 11 is 1.64. The van der Waals surface area contributed by atoms with Crippen molar-refractivity contribution < 1.29 is 9.59 Å². The summed E-state index contributed by atoms with van der Waals surface area (Å²) in [6, 6.07) is 9.71. The van der Waals surface area contributed by atoms with Gasteiger partial charge in [-0.25, -0.2) is 9.97 Å². The topological polar surface area (TPSA) is 69.6 Å². The summed E-state index contributed by atoms with van der Waals surface area (Å²) in [4.78, 5) is 40.3. The summed E-state index contributed by atoms with van der Waals surface area (Å²) in [5.41, 5.74) is 2.74. The molecule has 3 aromatic rings. The Labute approximate surface area is 172 Å². The van der Waals surface area contributed by atoms with Gasteiger partial charge in [-0.1, -0.05) is 18.2 Å². The first-order valence-electron chi connectivity index (χ1n) is 9.71. The van der Waals surface area contributed by atoms with Gasteiger partial charge < -0.3 is 14.7 Å². The van der Waals surface area contributed by atoms with Gasteiger partial charge in [0.15, 0.2) is 0 Å². The van der Waals surface area contributed by atoms with Crippen LogP contribution in [-0.4, -0.2) is 59.9 Å². The number of carbonyl (C=O) groups excluding carboxylic acids is 2. The zero-order chi connectivity index (χ0) is 20.0. The Morgan fingerprint density at radius 1 is 1.10 bits per heavy atom. The molecule has 0 spiro atoms. The number of benzene rings is 1. The van der Waals surface area contributed by atoms with Crippen molar-refractivity contribution in [3.8, 4) is 0 Å². The van der Waals surface area contributed by atoms with E-state index in [9.17, 15) is 9.59 Å². The molecule has 29 heavy (non-hydrogen) atoms. The van der Waals surface area contributed by atoms with E-state index in [1.807, 2.05) is 40.6 Å². The smallest absolute Gasteiger partial charge is 0.230 e. The second-order valence-electron chi connectivity index (χ2n) is 7.41. The summed E-state index contributed by atoms with van der Waals surface area (Å²) < 4.78 is 1.09. The molecule has 1 fully saturated rings. The lowest BCUT2D eigenvalue weighted by atomic mass is 9.88. The molecule has 2 aromatic heterocycles. The molecule has 8 heteroatoms. The summed E-state index contributed by atoms with van der Waals surface area (Å²) in [5, 5.41) is 2.02. The van der Waals surface area contributed by atoms with Gasteiger partial charge in [-0.05, 0) is 23.1 Å². The number of amides is 2. The highest BCUT2D eigenvalue weighted by molar-refractivity contribution is 7.17. The van der Waals surface area contributed by atoms with E-state index < -0.39 is 5.92 Å². The van der Waals surface area contributed by atoms with Crippen molar-refractivity contribution in [2.24, 2.45) is 0 Å². The maximum absolute atomic E-state index is 13.3. The summed E-state index contributed by atoms with van der Waals surface area (Å²) in [7, 11) is 1.77. The molecule has 2 aliphatic rings. The first-order valence-corrected chi connectivity index (χ1v) is 10.6. The number of fused-ring (bicyclic) bond motifs is 2. The average molecular weight is 407 g/mol. The number of aromatic nitrogens is 2. The Kier molecular flexibility index (Phi) is 4.43. The third kappa shape index (κ3) is 3.04. The highest BCUT2D eigenvalue weighted by atomic mass is 32.1. The van der Waals surface area contributed by atoms with E-state index >= 15 is 0 Å². The van der Waals surface area contributed by atoms with Crippen LogP contribution in [0.15, 0.2) is 42.0 Å². The maximum Gasteiger partial charge on any atom is 0.230 e. The fourth-order valence-corrected chi connectivity index (χ4v) is 5.09. The Hall–Kier alpha value is -3.00. The van der Waals surface area contributed by atoms with Crippen LogP contribution in [-0.2, 0) is 9.59 Å². The molecule has 7 nitrogen and oxygen atoms in total. The fourth-order valence-electron chi connectivity index (χ4n) is 4.22. The van der Waals surface area contributed by atoms with Crippen LogP contribution >= 0.6 is 11.3 Å². The molecule has 2 amide bonds. The van der Waals surface area contributed by atoms with Crippen molar-refractivity contribution in [1.29, 1.82) is 0 Å². The highest BCUT2D eigenvalue weighted by Gasteiger charge is 2.36. The Balaban J connectivity index is 1.34. The Morgan fingerprint density at radius 3 is 2.72 bits per heavy atom. The molecule has 0 saturated carbocycles. The van der Waals surface area contributed by atoms with Gasteiger partial charge in [0.1, 0.15) is 12.1 Å². The van der Waals surface area contributed by atoms with E-state index in [0.717, 1.165) is 40.4 Å². The van der Waals surface area contributed by atoms with Crippen LogP contribution in [0.2, 0.25) is 0 Å². The molecular formula is C21H21N5O2S. The number of carbonyl (C=O) groups is 2. The molecule has 1 aromatic carbocycles. The molecule has 1 unspecified atom stereocenters. The van der Waals surface area contributed by atoms with Crippen molar-refractivity contribution in [2.75, 3.05) is 43.0 Å². The van der Waals surface area contributed by atoms with E-state index in [4.69, 9.17) is 0 Å². The lowest BCUT2D eigenvalue weighted by molar-refractivity contribution is -0.135. The largest absolute Gasteiger partial charge is 0.352 e. The molecule has 0 radical (unpaired) electrons. The standard InChI is InChI=1S/C21H21N5O2S/c1-24-17-5-3-2-4-14(17)15(12-18(24)27)21(28)26-9-7-25(8-10-26)20-19-16(6-11-29-19)22-13-23-20/h2-6,11,13,15H,7-10,12H2,1H3. The number of hydrogen-bond acceptors (Lipinski definition) is 6. The number of anilines is 2. The van der Waals surface area contributed by atoms with Crippen LogP contribution in [0.5, 0.6) is 0 Å². The van der Waals surface area contributed by atoms with Gasteiger partial charge in [0.2, 0.25) is 11.8 Å². The van der Waals surface area contributed by atoms with Crippen molar-refractivity contribution in [3.05, 3.63) is 47.6 Å². The van der Waals surface area contributed by atoms with Crippen LogP contribution in [0.3, 0.4) is 0 Å². The van der Waals surface area contributed by atoms with E-state index in [2.05, 4.69) is 14.9 Å². The zero-order valence-electron chi connectivity index (χ0n) is 16.1. The van der Waals surface area contributed by atoms with E-state index in [1.165, 1.54) is 0 Å². The van der Waals surface area contributed by atoms with E-state index in [-0.39, 0.29) is 18.2 Å². The zero-order valence-corrected chi connectivity index (χ0v) is 16.9. The normalized spacial score (nSPS) is 19.6. The first-order chi connectivity index (χ1) is 14.1. The van der Waals surface area contributed by atoms with Gasteiger partial charge in [0.25, 0.3) is 0 Å². The molecule has 5 rings (SSSR count). The van der Waals surface area contributed by atoms with Gasteiger partial charge in [-0.3, -0.25) is 9.59 Å². The van der Waals surface area contributed by atoms with Crippen molar-refractivity contribution in [2.45, 2.75) is 12.3 Å². The number of nitrogens with zero attached hydrogens (tertiary/aromatic N) is 5. The predicted molar refractivity (Wildman–Crippen MR) is 113 cm³/mol. The maximum atomic E-state index is 13.3. The van der Waals surface area contributed by atoms with Crippen LogP contribution in [0, 0.1) is 0 Å². The van der Waals surface area contributed by atoms with E-state index in [0.29, 0.717) is 13.1 Å². The van der Waals surface area contributed by atoms with Crippen LogP contribution in [0.25, 0.3) is 10.2 Å². The van der Waals surface area contributed by atoms with Crippen molar-refractivity contribution >= 4 is 44.9 Å². The van der Waals surface area contributed by atoms with Crippen molar-refractivity contribution in [1.82, 2.24) is 14.9 Å². The monoisotopic (exact) mass is 407 g/mol. The van der Waals surface area contributed by atoms with Gasteiger partial charge in [0, 0.05) is 45.3 Å².